The Balaban J connectivity index is 0.00000469. The van der Waals surface area contributed by atoms with Crippen molar-refractivity contribution in [2.45, 2.75) is 113 Å². The summed E-state index contributed by atoms with van der Waals surface area (Å²) in [6.45, 7) is 9.13. The summed E-state index contributed by atoms with van der Waals surface area (Å²) in [7, 11) is -18.9. The van der Waals surface area contributed by atoms with E-state index in [4.69, 9.17) is 4.74 Å². The van der Waals surface area contributed by atoms with E-state index in [1.807, 2.05) is 6.92 Å². The third kappa shape index (κ3) is 15.5. The summed E-state index contributed by atoms with van der Waals surface area (Å²) in [5.41, 5.74) is 1.08. The molecule has 0 saturated heterocycles. The summed E-state index contributed by atoms with van der Waals surface area (Å²) in [5, 5.41) is 0. The van der Waals surface area contributed by atoms with Gasteiger partial charge in [-0.3, -0.25) is 0 Å². The van der Waals surface area contributed by atoms with Crippen LogP contribution in [0.2, 0.25) is 0 Å². The number of anilines is 1. The molecule has 3 aromatic carbocycles. The second-order valence-corrected chi connectivity index (χ2v) is 24.3. The van der Waals surface area contributed by atoms with Gasteiger partial charge >= 0.3 is 88.7 Å². The minimum absolute atomic E-state index is 0. The van der Waals surface area contributed by atoms with Gasteiger partial charge in [0.25, 0.3) is 0 Å². The molecule has 0 radical (unpaired) electrons. The predicted molar refractivity (Wildman–Crippen MR) is 252 cm³/mol. The van der Waals surface area contributed by atoms with Crippen LogP contribution in [-0.4, -0.2) is 93.4 Å². The van der Waals surface area contributed by atoms with Gasteiger partial charge in [-0.2, -0.15) is 4.58 Å². The van der Waals surface area contributed by atoms with Crippen LogP contribution in [0.25, 0.3) is 5.57 Å². The first-order chi connectivity index (χ1) is 32.5. The van der Waals surface area contributed by atoms with Crippen molar-refractivity contribution in [2.24, 2.45) is 0 Å². The van der Waals surface area contributed by atoms with E-state index < -0.39 is 101 Å². The molecule has 3 aromatic rings. The molecule has 2 heterocycles. The molecule has 0 saturated carbocycles. The monoisotopic (exact) mass is 1120 g/mol. The summed E-state index contributed by atoms with van der Waals surface area (Å²) >= 11 is 0. The molecule has 0 amide bonds. The number of hydrogen-bond acceptors (Lipinski definition) is 14. The second kappa shape index (κ2) is 25.9. The largest absolute Gasteiger partial charge is 1.00 e. The molecule has 15 nitrogen and oxygen atoms in total. The third-order valence-corrected chi connectivity index (χ3v) is 16.1. The van der Waals surface area contributed by atoms with Crippen molar-refractivity contribution >= 4 is 63.1 Å². The van der Waals surface area contributed by atoms with Crippen molar-refractivity contribution < 1.29 is 163 Å². The van der Waals surface area contributed by atoms with Gasteiger partial charge in [0, 0.05) is 65.0 Å². The first kappa shape index (κ1) is 65.6. The number of rotatable bonds is 20. The molecule has 25 heteroatoms. The molecule has 0 spiro atoms. The van der Waals surface area contributed by atoms with Crippen molar-refractivity contribution in [3.63, 3.8) is 0 Å². The van der Waals surface area contributed by atoms with Crippen molar-refractivity contribution in [1.82, 2.24) is 0 Å². The smallest absolute Gasteiger partial charge is 0.748 e. The second-order valence-electron chi connectivity index (χ2n) is 18.5. The van der Waals surface area contributed by atoms with Crippen molar-refractivity contribution in [2.75, 3.05) is 36.1 Å². The Kier molecular flexibility index (Phi) is 23.2. The Morgan fingerprint density at radius 2 is 1.29 bits per heavy atom. The maximum atomic E-state index is 16.9. The standard InChI is InChI=1S/C48H57F3N2O13S4.3Na/c1-6-7-25-66-46-38(50)30-37(49)44(45(46)51)43-31(15-21-41-47(2,3)35-28-33(69(60,61)62)17-19-39(35)52(41)23-8-10-26-67(54,55)56)13-12-14-32(43)16-22-42-48(4,5)36-29-34(70(63,64)65)18-20-40(36)53(42)24-9-11-27-68(57,58)59;;;/h15-22,28-30H,6-14,23-27H2,1-5H3,(H3-,54,55,56,57,58,59,60,61,62,63,64,65);;;/q;3*+1/p-3. The Labute approximate surface area is 493 Å². The van der Waals surface area contributed by atoms with E-state index in [-0.39, 0.29) is 152 Å². The summed E-state index contributed by atoms with van der Waals surface area (Å²) in [6.07, 6.45) is 8.96. The van der Waals surface area contributed by atoms with E-state index in [0.717, 1.165) is 12.1 Å². The van der Waals surface area contributed by atoms with Gasteiger partial charge in [-0.15, -0.1) is 0 Å². The summed E-state index contributed by atoms with van der Waals surface area (Å²) < 4.78 is 198. The van der Waals surface area contributed by atoms with Crippen LogP contribution in [0.3, 0.4) is 0 Å². The van der Waals surface area contributed by atoms with Gasteiger partial charge in [0.15, 0.2) is 23.1 Å². The van der Waals surface area contributed by atoms with Gasteiger partial charge in [0.2, 0.25) is 5.69 Å². The first-order valence-electron chi connectivity index (χ1n) is 22.6. The molecule has 0 fully saturated rings. The zero-order valence-electron chi connectivity index (χ0n) is 42.2. The summed E-state index contributed by atoms with van der Waals surface area (Å²) in [4.78, 5) is 0.819. The van der Waals surface area contributed by atoms with E-state index in [1.165, 1.54) is 24.3 Å². The number of ether oxygens (including phenoxy) is 1. The molecule has 2 aliphatic heterocycles. The van der Waals surface area contributed by atoms with Crippen LogP contribution in [0.1, 0.15) is 109 Å². The van der Waals surface area contributed by atoms with Crippen LogP contribution in [0, 0.1) is 17.5 Å². The molecular weight excluding hydrogens is 1070 g/mol. The zero-order chi connectivity index (χ0) is 51.8. The molecule has 73 heavy (non-hydrogen) atoms. The third-order valence-electron chi connectivity index (χ3n) is 12.9. The molecular formula is C48H54F3N2Na3O13S4. The normalized spacial score (nSPS) is 17.7. The molecule has 0 N–H and O–H groups in total. The van der Waals surface area contributed by atoms with Crippen molar-refractivity contribution in [3.8, 4) is 5.75 Å². The summed E-state index contributed by atoms with van der Waals surface area (Å²) in [6, 6.07) is 8.27. The van der Waals surface area contributed by atoms with E-state index in [2.05, 4.69) is 0 Å². The molecule has 0 unspecified atom stereocenters. The zero-order valence-corrected chi connectivity index (χ0v) is 51.5. The van der Waals surface area contributed by atoms with Crippen LogP contribution < -0.4 is 98.3 Å². The van der Waals surface area contributed by atoms with Gasteiger partial charge in [-0.05, 0) is 117 Å². The van der Waals surface area contributed by atoms with Gasteiger partial charge in [0.05, 0.1) is 47.6 Å². The van der Waals surface area contributed by atoms with E-state index in [9.17, 15) is 51.9 Å². The number of benzene rings is 3. The van der Waals surface area contributed by atoms with Crippen LogP contribution in [0.5, 0.6) is 5.75 Å². The fourth-order valence-electron chi connectivity index (χ4n) is 9.39. The Hall–Kier alpha value is -1.68. The maximum absolute atomic E-state index is 16.9. The number of halogens is 3. The molecule has 1 aliphatic carbocycles. The van der Waals surface area contributed by atoms with Crippen LogP contribution in [-0.2, 0) is 51.3 Å². The number of allylic oxidation sites excluding steroid dienone is 8. The molecule has 3 aliphatic rings. The van der Waals surface area contributed by atoms with Gasteiger partial charge in [-0.1, -0.05) is 39.3 Å². The van der Waals surface area contributed by atoms with E-state index >= 15 is 13.2 Å². The topological polar surface area (TPSA) is 244 Å². The number of unbranched alkanes of at least 4 members (excludes halogenated alkanes) is 3. The van der Waals surface area contributed by atoms with Gasteiger partial charge < -0.3 is 27.8 Å². The molecule has 0 aromatic heterocycles. The fourth-order valence-corrected chi connectivity index (χ4v) is 11.5. The van der Waals surface area contributed by atoms with Gasteiger partial charge in [-0.25, -0.2) is 46.8 Å². The Bertz CT molecular complexity index is 3210. The quantitative estimate of drug-likeness (QED) is 0.0567. The molecule has 0 atom stereocenters. The minimum atomic E-state index is -4.90. The maximum Gasteiger partial charge on any atom is 1.00 e. The summed E-state index contributed by atoms with van der Waals surface area (Å²) in [5.74, 6) is -5.85. The van der Waals surface area contributed by atoms with Crippen LogP contribution in [0.4, 0.5) is 24.5 Å². The average Bonchev–Trinajstić information content (AvgIpc) is 3.59. The first-order valence-corrected chi connectivity index (χ1v) is 28.6. The van der Waals surface area contributed by atoms with Crippen molar-refractivity contribution in [3.05, 3.63) is 118 Å². The molecule has 382 valence electrons. The minimum Gasteiger partial charge on any atom is -0.748 e. The predicted octanol–water partition coefficient (Wildman–Crippen LogP) is -1.07. The van der Waals surface area contributed by atoms with E-state index in [0.29, 0.717) is 70.4 Å². The van der Waals surface area contributed by atoms with Crippen molar-refractivity contribution in [1.29, 1.82) is 0 Å². The number of nitrogens with zero attached hydrogens (tertiary/aromatic N) is 2. The fraction of sp³-hybridized carbons (Fsp3) is 0.438. The Morgan fingerprint density at radius 3 is 1.88 bits per heavy atom. The molecule has 6 rings (SSSR count). The Morgan fingerprint density at radius 1 is 0.699 bits per heavy atom. The van der Waals surface area contributed by atoms with Crippen LogP contribution in [0.15, 0.2) is 93.4 Å². The SMILES string of the molecule is CCCCOc1c(F)cc(F)c(C2=C(C=CC3=[N+](CCCCS(=O)(=O)[O-])c4ccc(S(=O)(=O)[O-])cc4C3(C)C)CCCC2=C/C=C2/N(CCCCS(=O)(=O)[O-])c3ccc(S(=O)(=O)[O-])cc3C2(C)C)c1F.[Na+].[Na+].[Na+]. The number of hydrogen-bond donors (Lipinski definition) is 0. The van der Waals surface area contributed by atoms with E-state index in [1.54, 1.807) is 61.5 Å². The number of fused-ring (bicyclic) bond motifs is 2. The molecule has 0 bridgehead atoms. The van der Waals surface area contributed by atoms with Crippen LogP contribution >= 0.6 is 0 Å². The average molecular weight is 1120 g/mol. The van der Waals surface area contributed by atoms with Gasteiger partial charge in [0.1, 0.15) is 32.6 Å².